The number of carbonyl (C=O) groups is 1. The highest BCUT2D eigenvalue weighted by molar-refractivity contribution is 5.93. The Balaban J connectivity index is 0.00000210. The predicted octanol–water partition coefficient (Wildman–Crippen LogP) is 2.72. The van der Waals surface area contributed by atoms with E-state index in [-0.39, 0.29) is 29.8 Å². The molecule has 1 saturated heterocycles. The first-order chi connectivity index (χ1) is 12.5. The zero-order valence-electron chi connectivity index (χ0n) is 14.9. The van der Waals surface area contributed by atoms with Crippen molar-refractivity contribution in [1.29, 1.82) is 0 Å². The third kappa shape index (κ3) is 3.96. The van der Waals surface area contributed by atoms with Crippen molar-refractivity contribution < 1.29 is 13.6 Å². The lowest BCUT2D eigenvalue weighted by atomic mass is 9.98. The van der Waals surface area contributed by atoms with Gasteiger partial charge in [-0.2, -0.15) is 10.1 Å². The van der Waals surface area contributed by atoms with Gasteiger partial charge in [0.25, 0.3) is 0 Å². The molecule has 0 bridgehead atoms. The fourth-order valence-electron chi connectivity index (χ4n) is 3.64. The number of nitrogens with one attached hydrogen (secondary N) is 2. The van der Waals surface area contributed by atoms with Crippen LogP contribution in [0, 0.1) is 17.6 Å². The highest BCUT2D eigenvalue weighted by Crippen LogP contribution is 2.49. The number of carbonyl (C=O) groups excluding carboxylic acids is 1. The highest BCUT2D eigenvalue weighted by atomic mass is 35.5. The van der Waals surface area contributed by atoms with E-state index in [0.29, 0.717) is 12.4 Å². The van der Waals surface area contributed by atoms with E-state index < -0.39 is 23.5 Å². The molecule has 2 fully saturated rings. The number of benzene rings is 1. The van der Waals surface area contributed by atoms with E-state index in [0.717, 1.165) is 31.8 Å². The number of hydrogen-bond acceptors (Lipinski definition) is 4. The molecule has 4 rings (SSSR count). The van der Waals surface area contributed by atoms with Gasteiger partial charge in [0.2, 0.25) is 11.9 Å². The van der Waals surface area contributed by atoms with Crippen molar-refractivity contribution in [2.45, 2.75) is 31.1 Å². The second-order valence-electron chi connectivity index (χ2n) is 7.01. The Bertz CT molecular complexity index is 817. The van der Waals surface area contributed by atoms with Gasteiger partial charge < -0.3 is 5.32 Å². The topological polar surface area (TPSA) is 71.8 Å². The summed E-state index contributed by atoms with van der Waals surface area (Å²) in [5.74, 6) is -0.942. The smallest absolute Gasteiger partial charge is 0.230 e. The van der Waals surface area contributed by atoms with E-state index in [1.54, 1.807) is 11.7 Å². The molecular formula is C18H22ClF2N5O. The Hall–Kier alpha value is -2.06. The van der Waals surface area contributed by atoms with Gasteiger partial charge >= 0.3 is 0 Å². The van der Waals surface area contributed by atoms with Crippen LogP contribution in [0.5, 0.6) is 0 Å². The molecule has 1 aliphatic heterocycles. The number of aryl methyl sites for hydroxylation is 1. The first kappa shape index (κ1) is 19.7. The number of halogens is 3. The Morgan fingerprint density at radius 3 is 2.59 bits per heavy atom. The fourth-order valence-corrected chi connectivity index (χ4v) is 3.64. The largest absolute Gasteiger partial charge is 0.317 e. The maximum atomic E-state index is 13.9. The summed E-state index contributed by atoms with van der Waals surface area (Å²) in [4.78, 5) is 16.9. The van der Waals surface area contributed by atoms with Gasteiger partial charge in [-0.15, -0.1) is 12.4 Å². The first-order valence-electron chi connectivity index (χ1n) is 8.91. The third-order valence-corrected chi connectivity index (χ3v) is 5.22. The van der Waals surface area contributed by atoms with E-state index in [1.165, 1.54) is 18.2 Å². The van der Waals surface area contributed by atoms with Crippen LogP contribution in [0.25, 0.3) is 0 Å². The number of nitrogens with zero attached hydrogens (tertiary/aromatic N) is 3. The van der Waals surface area contributed by atoms with Crippen molar-refractivity contribution in [3.63, 3.8) is 0 Å². The van der Waals surface area contributed by atoms with Crippen LogP contribution in [-0.4, -0.2) is 33.8 Å². The van der Waals surface area contributed by atoms with Gasteiger partial charge in [0.05, 0.1) is 0 Å². The maximum Gasteiger partial charge on any atom is 0.230 e. The van der Waals surface area contributed by atoms with E-state index in [1.807, 2.05) is 0 Å². The molecule has 1 amide bonds. The first-order valence-corrected chi connectivity index (χ1v) is 8.91. The molecule has 1 aromatic heterocycles. The molecule has 2 heterocycles. The van der Waals surface area contributed by atoms with Crippen LogP contribution in [0.1, 0.15) is 42.5 Å². The Morgan fingerprint density at radius 1 is 1.26 bits per heavy atom. The monoisotopic (exact) mass is 397 g/mol. The fraction of sp³-hybridized carbons (Fsp3) is 0.500. The van der Waals surface area contributed by atoms with Crippen LogP contribution in [-0.2, 0) is 11.8 Å². The SMILES string of the molecule is Cl.Cn1nc(C2CCNCC2)nc1NC(=O)C1CC1c1c(F)cccc1F. The summed E-state index contributed by atoms with van der Waals surface area (Å²) in [5, 5.41) is 10.5. The van der Waals surface area contributed by atoms with E-state index in [9.17, 15) is 13.6 Å². The number of aromatic nitrogens is 3. The molecule has 2 aromatic rings. The van der Waals surface area contributed by atoms with E-state index >= 15 is 0 Å². The minimum Gasteiger partial charge on any atom is -0.317 e. The van der Waals surface area contributed by atoms with Gasteiger partial charge in [-0.3, -0.25) is 10.1 Å². The quantitative estimate of drug-likeness (QED) is 0.832. The average Bonchev–Trinajstić information content (AvgIpc) is 3.33. The van der Waals surface area contributed by atoms with Crippen molar-refractivity contribution in [3.8, 4) is 0 Å². The Morgan fingerprint density at radius 2 is 1.93 bits per heavy atom. The molecule has 1 aliphatic carbocycles. The van der Waals surface area contributed by atoms with Crippen LogP contribution in [0.3, 0.4) is 0 Å². The van der Waals surface area contributed by atoms with Crippen LogP contribution < -0.4 is 10.6 Å². The van der Waals surface area contributed by atoms with Gasteiger partial charge in [-0.1, -0.05) is 6.07 Å². The molecule has 1 saturated carbocycles. The summed E-state index contributed by atoms with van der Waals surface area (Å²) in [5.41, 5.74) is 0.000935. The second-order valence-corrected chi connectivity index (χ2v) is 7.01. The molecule has 0 spiro atoms. The van der Waals surface area contributed by atoms with Gasteiger partial charge in [0.15, 0.2) is 5.82 Å². The minimum atomic E-state index is -0.600. The molecule has 6 nitrogen and oxygen atoms in total. The summed E-state index contributed by atoms with van der Waals surface area (Å²) in [6.45, 7) is 1.87. The van der Waals surface area contributed by atoms with Crippen LogP contribution in [0.15, 0.2) is 18.2 Å². The molecule has 27 heavy (non-hydrogen) atoms. The molecule has 1 aromatic carbocycles. The predicted molar refractivity (Wildman–Crippen MR) is 98.9 cm³/mol. The summed E-state index contributed by atoms with van der Waals surface area (Å²) in [6, 6.07) is 3.77. The zero-order valence-corrected chi connectivity index (χ0v) is 15.7. The zero-order chi connectivity index (χ0) is 18.3. The summed E-state index contributed by atoms with van der Waals surface area (Å²) >= 11 is 0. The molecule has 0 radical (unpaired) electrons. The minimum absolute atomic E-state index is 0. The molecular weight excluding hydrogens is 376 g/mol. The summed E-state index contributed by atoms with van der Waals surface area (Å²) in [7, 11) is 1.73. The van der Waals surface area contributed by atoms with Gasteiger partial charge in [0.1, 0.15) is 11.6 Å². The lowest BCUT2D eigenvalue weighted by molar-refractivity contribution is -0.117. The molecule has 2 atom stereocenters. The van der Waals surface area contributed by atoms with Crippen LogP contribution in [0.4, 0.5) is 14.7 Å². The van der Waals surface area contributed by atoms with Crippen molar-refractivity contribution in [3.05, 3.63) is 41.2 Å². The number of amides is 1. The molecule has 146 valence electrons. The van der Waals surface area contributed by atoms with Gasteiger partial charge in [-0.25, -0.2) is 13.5 Å². The number of piperidine rings is 1. The van der Waals surface area contributed by atoms with Gasteiger partial charge in [0, 0.05) is 30.4 Å². The third-order valence-electron chi connectivity index (χ3n) is 5.22. The van der Waals surface area contributed by atoms with Gasteiger partial charge in [-0.05, 0) is 44.5 Å². The number of hydrogen-bond donors (Lipinski definition) is 2. The van der Waals surface area contributed by atoms with Crippen molar-refractivity contribution in [2.24, 2.45) is 13.0 Å². The molecule has 2 unspecified atom stereocenters. The lowest BCUT2D eigenvalue weighted by Gasteiger charge is -2.19. The van der Waals surface area contributed by atoms with Crippen molar-refractivity contribution >= 4 is 24.3 Å². The van der Waals surface area contributed by atoms with Crippen molar-refractivity contribution in [1.82, 2.24) is 20.1 Å². The Labute approximate surface area is 162 Å². The highest BCUT2D eigenvalue weighted by Gasteiger charge is 2.47. The number of rotatable bonds is 4. The maximum absolute atomic E-state index is 13.9. The molecule has 2 aliphatic rings. The molecule has 2 N–H and O–H groups in total. The number of anilines is 1. The van der Waals surface area contributed by atoms with E-state index in [2.05, 4.69) is 20.7 Å². The van der Waals surface area contributed by atoms with Crippen LogP contribution in [0.2, 0.25) is 0 Å². The lowest BCUT2D eigenvalue weighted by Crippen LogP contribution is -2.27. The van der Waals surface area contributed by atoms with E-state index in [4.69, 9.17) is 0 Å². The molecule has 9 heteroatoms. The summed E-state index contributed by atoms with van der Waals surface area (Å²) in [6.07, 6.45) is 2.37. The standard InChI is InChI=1S/C18H21F2N5O.ClH/c1-25-18(22-16(24-25)10-5-7-21-8-6-10)23-17(26)12-9-11(12)15-13(19)3-2-4-14(15)20;/h2-4,10-12,21H,5-9H2,1H3,(H,22,23,24,26);1H. The average molecular weight is 398 g/mol. The second kappa shape index (κ2) is 7.90. The normalized spacial score (nSPS) is 22.2. The summed E-state index contributed by atoms with van der Waals surface area (Å²) < 4.78 is 29.3. The van der Waals surface area contributed by atoms with Crippen LogP contribution >= 0.6 is 12.4 Å². The van der Waals surface area contributed by atoms with Crippen molar-refractivity contribution in [2.75, 3.05) is 18.4 Å². The Kier molecular flexibility index (Phi) is 5.76.